The summed E-state index contributed by atoms with van der Waals surface area (Å²) in [5.41, 5.74) is 1.11. The largest absolute Gasteiger partial charge is 0.396 e. The first-order chi connectivity index (χ1) is 6.72. The van der Waals surface area contributed by atoms with Gasteiger partial charge in [0.25, 0.3) is 0 Å². The molecule has 14 heavy (non-hydrogen) atoms. The standard InChI is InChI=1S/C11H19NOS/c1-4-6-10-12-8(3)11(14-10)9(5-2)7-13/h9,13H,4-7H2,1-3H3. The summed E-state index contributed by atoms with van der Waals surface area (Å²) in [6.07, 6.45) is 3.20. The van der Waals surface area contributed by atoms with Gasteiger partial charge >= 0.3 is 0 Å². The van der Waals surface area contributed by atoms with E-state index in [-0.39, 0.29) is 12.5 Å². The third-order valence-electron chi connectivity index (χ3n) is 2.42. The molecular weight excluding hydrogens is 194 g/mol. The topological polar surface area (TPSA) is 33.1 Å². The number of nitrogens with zero attached hydrogens (tertiary/aromatic N) is 1. The smallest absolute Gasteiger partial charge is 0.0931 e. The van der Waals surface area contributed by atoms with Crippen LogP contribution in [0.15, 0.2) is 0 Å². The minimum atomic E-state index is 0.241. The fraction of sp³-hybridized carbons (Fsp3) is 0.727. The summed E-state index contributed by atoms with van der Waals surface area (Å²) in [7, 11) is 0. The molecule has 0 bridgehead atoms. The predicted octanol–water partition coefficient (Wildman–Crippen LogP) is 2.89. The van der Waals surface area contributed by atoms with Crippen LogP contribution in [0.1, 0.15) is 48.2 Å². The molecule has 1 heterocycles. The Balaban J connectivity index is 2.85. The van der Waals surface area contributed by atoms with Gasteiger partial charge in [-0.1, -0.05) is 13.8 Å². The summed E-state index contributed by atoms with van der Waals surface area (Å²) in [4.78, 5) is 5.80. The molecule has 0 aliphatic carbocycles. The number of thiazole rings is 1. The fourth-order valence-electron chi connectivity index (χ4n) is 1.56. The molecule has 0 saturated heterocycles. The van der Waals surface area contributed by atoms with Gasteiger partial charge in [-0.05, 0) is 26.2 Å². The zero-order chi connectivity index (χ0) is 10.6. The average molecular weight is 213 g/mol. The van der Waals surface area contributed by atoms with E-state index in [1.807, 2.05) is 6.92 Å². The van der Waals surface area contributed by atoms with E-state index in [0.29, 0.717) is 0 Å². The molecular formula is C11H19NOS. The van der Waals surface area contributed by atoms with Gasteiger partial charge in [-0.15, -0.1) is 11.3 Å². The van der Waals surface area contributed by atoms with Crippen LogP contribution in [0.2, 0.25) is 0 Å². The maximum absolute atomic E-state index is 9.22. The van der Waals surface area contributed by atoms with Gasteiger partial charge in [-0.25, -0.2) is 4.98 Å². The molecule has 0 saturated carbocycles. The van der Waals surface area contributed by atoms with Gasteiger partial charge in [0.05, 0.1) is 17.3 Å². The Labute approximate surface area is 90.0 Å². The highest BCUT2D eigenvalue weighted by molar-refractivity contribution is 7.11. The molecule has 1 aromatic rings. The summed E-state index contributed by atoms with van der Waals surface area (Å²) in [5.74, 6) is 0.290. The van der Waals surface area contributed by atoms with Crippen molar-refractivity contribution in [3.63, 3.8) is 0 Å². The summed E-state index contributed by atoms with van der Waals surface area (Å²) in [6.45, 7) is 6.56. The lowest BCUT2D eigenvalue weighted by molar-refractivity contribution is 0.263. The van der Waals surface area contributed by atoms with Crippen LogP contribution in [0.4, 0.5) is 0 Å². The molecule has 0 aliphatic heterocycles. The molecule has 2 nitrogen and oxygen atoms in total. The van der Waals surface area contributed by atoms with E-state index >= 15 is 0 Å². The number of aromatic nitrogens is 1. The maximum atomic E-state index is 9.22. The first kappa shape index (κ1) is 11.7. The van der Waals surface area contributed by atoms with Gasteiger partial charge in [-0.2, -0.15) is 0 Å². The zero-order valence-electron chi connectivity index (χ0n) is 9.21. The van der Waals surface area contributed by atoms with E-state index < -0.39 is 0 Å². The lowest BCUT2D eigenvalue weighted by Gasteiger charge is -2.08. The molecule has 0 radical (unpaired) electrons. The molecule has 1 aromatic heterocycles. The van der Waals surface area contributed by atoms with Crippen molar-refractivity contribution in [3.8, 4) is 0 Å². The van der Waals surface area contributed by atoms with E-state index in [0.717, 1.165) is 25.0 Å². The molecule has 1 unspecified atom stereocenters. The van der Waals surface area contributed by atoms with Crippen LogP contribution in [0, 0.1) is 6.92 Å². The zero-order valence-corrected chi connectivity index (χ0v) is 10.0. The van der Waals surface area contributed by atoms with Crippen molar-refractivity contribution >= 4 is 11.3 Å². The van der Waals surface area contributed by atoms with Crippen LogP contribution in [-0.2, 0) is 6.42 Å². The van der Waals surface area contributed by atoms with Gasteiger partial charge < -0.3 is 5.11 Å². The fourth-order valence-corrected chi connectivity index (χ4v) is 2.91. The molecule has 80 valence electrons. The molecule has 0 fully saturated rings. The molecule has 0 aromatic carbocycles. The molecule has 0 amide bonds. The normalized spacial score (nSPS) is 13.1. The van der Waals surface area contributed by atoms with Crippen molar-refractivity contribution in [2.45, 2.75) is 46.0 Å². The Morgan fingerprint density at radius 3 is 2.64 bits per heavy atom. The summed E-state index contributed by atoms with van der Waals surface area (Å²) in [5, 5.41) is 10.4. The van der Waals surface area contributed by atoms with Gasteiger partial charge in [-0.3, -0.25) is 0 Å². The van der Waals surface area contributed by atoms with Crippen LogP contribution in [-0.4, -0.2) is 16.7 Å². The highest BCUT2D eigenvalue weighted by atomic mass is 32.1. The minimum absolute atomic E-state index is 0.241. The molecule has 3 heteroatoms. The van der Waals surface area contributed by atoms with Gasteiger partial charge in [0.2, 0.25) is 0 Å². The highest BCUT2D eigenvalue weighted by Crippen LogP contribution is 2.29. The number of aryl methyl sites for hydroxylation is 2. The van der Waals surface area contributed by atoms with Crippen LogP contribution >= 0.6 is 11.3 Å². The van der Waals surface area contributed by atoms with Crippen molar-refractivity contribution in [2.75, 3.05) is 6.61 Å². The Kier molecular flexibility index (Phi) is 4.55. The first-order valence-corrected chi connectivity index (χ1v) is 6.11. The van der Waals surface area contributed by atoms with E-state index in [1.54, 1.807) is 11.3 Å². The van der Waals surface area contributed by atoms with Gasteiger partial charge in [0, 0.05) is 10.8 Å². The second-order valence-electron chi connectivity index (χ2n) is 3.60. The van der Waals surface area contributed by atoms with Crippen LogP contribution in [0.3, 0.4) is 0 Å². The second kappa shape index (κ2) is 5.47. The number of hydrogen-bond acceptors (Lipinski definition) is 3. The summed E-state index contributed by atoms with van der Waals surface area (Å²) < 4.78 is 0. The molecule has 0 spiro atoms. The van der Waals surface area contributed by atoms with Gasteiger partial charge in [0.15, 0.2) is 0 Å². The maximum Gasteiger partial charge on any atom is 0.0931 e. The number of rotatable bonds is 5. The Hall–Kier alpha value is -0.410. The SMILES string of the molecule is CCCc1nc(C)c(C(CC)CO)s1. The number of aliphatic hydroxyl groups is 1. The summed E-state index contributed by atoms with van der Waals surface area (Å²) >= 11 is 1.77. The average Bonchev–Trinajstić information content (AvgIpc) is 2.51. The van der Waals surface area contributed by atoms with E-state index in [4.69, 9.17) is 0 Å². The Bertz CT molecular complexity index is 279. The second-order valence-corrected chi connectivity index (χ2v) is 4.71. The Morgan fingerprint density at radius 1 is 1.43 bits per heavy atom. The summed E-state index contributed by atoms with van der Waals surface area (Å²) in [6, 6.07) is 0. The third kappa shape index (κ3) is 2.55. The van der Waals surface area contributed by atoms with E-state index in [2.05, 4.69) is 18.8 Å². The lowest BCUT2D eigenvalue weighted by Crippen LogP contribution is -2.01. The Morgan fingerprint density at radius 2 is 2.14 bits per heavy atom. The predicted molar refractivity (Wildman–Crippen MR) is 61.0 cm³/mol. The van der Waals surface area contributed by atoms with Crippen molar-refractivity contribution in [2.24, 2.45) is 0 Å². The monoisotopic (exact) mass is 213 g/mol. The van der Waals surface area contributed by atoms with Gasteiger partial charge in [0.1, 0.15) is 0 Å². The molecule has 1 N–H and O–H groups in total. The van der Waals surface area contributed by atoms with Crippen LogP contribution in [0.25, 0.3) is 0 Å². The molecule has 1 atom stereocenters. The number of aliphatic hydroxyl groups excluding tert-OH is 1. The lowest BCUT2D eigenvalue weighted by atomic mass is 10.1. The quantitative estimate of drug-likeness (QED) is 0.816. The highest BCUT2D eigenvalue weighted by Gasteiger charge is 2.15. The van der Waals surface area contributed by atoms with Crippen molar-refractivity contribution in [1.82, 2.24) is 4.98 Å². The molecule has 1 rings (SSSR count). The van der Waals surface area contributed by atoms with E-state index in [9.17, 15) is 5.11 Å². The first-order valence-electron chi connectivity index (χ1n) is 5.29. The minimum Gasteiger partial charge on any atom is -0.396 e. The molecule has 0 aliphatic rings. The number of hydrogen-bond donors (Lipinski definition) is 1. The third-order valence-corrected chi connectivity index (χ3v) is 3.80. The van der Waals surface area contributed by atoms with Crippen LogP contribution in [0.5, 0.6) is 0 Å². The van der Waals surface area contributed by atoms with Crippen molar-refractivity contribution < 1.29 is 5.11 Å². The van der Waals surface area contributed by atoms with Crippen molar-refractivity contribution in [3.05, 3.63) is 15.6 Å². The van der Waals surface area contributed by atoms with Crippen LogP contribution < -0.4 is 0 Å². The van der Waals surface area contributed by atoms with Crippen molar-refractivity contribution in [1.29, 1.82) is 0 Å². The van der Waals surface area contributed by atoms with E-state index in [1.165, 1.54) is 9.88 Å².